The summed E-state index contributed by atoms with van der Waals surface area (Å²) in [5.41, 5.74) is 2.99. The summed E-state index contributed by atoms with van der Waals surface area (Å²) >= 11 is 0. The van der Waals surface area contributed by atoms with Crippen LogP contribution in [0.1, 0.15) is 44.3 Å². The van der Waals surface area contributed by atoms with E-state index in [2.05, 4.69) is 5.43 Å². The molecule has 1 aliphatic rings. The second kappa shape index (κ2) is 6.06. The average molecular weight is 222 g/mol. The van der Waals surface area contributed by atoms with Crippen molar-refractivity contribution >= 4 is 0 Å². The van der Waals surface area contributed by atoms with Crippen LogP contribution in [0, 0.1) is 5.92 Å². The number of hydrogen-bond acceptors (Lipinski definition) is 3. The Kier molecular flexibility index (Phi) is 4.43. The van der Waals surface area contributed by atoms with Crippen LogP contribution in [0.3, 0.4) is 0 Å². The molecule has 0 radical (unpaired) electrons. The molecule has 0 aliphatic heterocycles. The zero-order valence-electron chi connectivity index (χ0n) is 9.82. The fraction of sp³-hybridized carbons (Fsp3) is 0.692. The zero-order chi connectivity index (χ0) is 11.2. The van der Waals surface area contributed by atoms with Gasteiger partial charge in [0.2, 0.25) is 0 Å². The Hall–Kier alpha value is -0.800. The van der Waals surface area contributed by atoms with Gasteiger partial charge >= 0.3 is 0 Å². The van der Waals surface area contributed by atoms with Gasteiger partial charge in [-0.25, -0.2) is 0 Å². The Morgan fingerprint density at radius 1 is 1.38 bits per heavy atom. The van der Waals surface area contributed by atoms with Gasteiger partial charge in [0.25, 0.3) is 0 Å². The highest BCUT2D eigenvalue weighted by Crippen LogP contribution is 2.28. The summed E-state index contributed by atoms with van der Waals surface area (Å²) in [5, 5.41) is 0. The van der Waals surface area contributed by atoms with Gasteiger partial charge in [-0.05, 0) is 37.3 Å². The van der Waals surface area contributed by atoms with Crippen molar-refractivity contribution in [3.8, 4) is 0 Å². The van der Waals surface area contributed by atoms with Crippen LogP contribution in [0.15, 0.2) is 22.8 Å². The van der Waals surface area contributed by atoms with E-state index < -0.39 is 0 Å². The van der Waals surface area contributed by atoms with Crippen LogP contribution < -0.4 is 11.3 Å². The van der Waals surface area contributed by atoms with E-state index in [0.29, 0.717) is 6.04 Å². The first-order valence-corrected chi connectivity index (χ1v) is 6.38. The van der Waals surface area contributed by atoms with E-state index in [1.807, 2.05) is 12.1 Å². The first kappa shape index (κ1) is 11.7. The van der Waals surface area contributed by atoms with Crippen LogP contribution >= 0.6 is 0 Å². The maximum atomic E-state index is 5.66. The number of aryl methyl sites for hydroxylation is 1. The highest BCUT2D eigenvalue weighted by atomic mass is 16.3. The van der Waals surface area contributed by atoms with Gasteiger partial charge in [0.05, 0.1) is 6.26 Å². The highest BCUT2D eigenvalue weighted by molar-refractivity contribution is 4.98. The molecule has 0 amide bonds. The Labute approximate surface area is 97.4 Å². The first-order valence-electron chi connectivity index (χ1n) is 6.38. The van der Waals surface area contributed by atoms with E-state index >= 15 is 0 Å². The smallest absolute Gasteiger partial charge is 0.103 e. The zero-order valence-corrected chi connectivity index (χ0v) is 9.82. The number of furan rings is 1. The van der Waals surface area contributed by atoms with Crippen LogP contribution in [-0.4, -0.2) is 6.04 Å². The van der Waals surface area contributed by atoms with Crippen LogP contribution in [-0.2, 0) is 6.42 Å². The molecule has 2 rings (SSSR count). The van der Waals surface area contributed by atoms with Gasteiger partial charge in [-0.15, -0.1) is 0 Å². The van der Waals surface area contributed by atoms with E-state index in [4.69, 9.17) is 10.3 Å². The van der Waals surface area contributed by atoms with E-state index in [-0.39, 0.29) is 0 Å². The van der Waals surface area contributed by atoms with Gasteiger partial charge in [-0.1, -0.05) is 19.3 Å². The lowest BCUT2D eigenvalue weighted by Crippen LogP contribution is -2.41. The molecular formula is C13H22N2O. The maximum absolute atomic E-state index is 5.66. The molecule has 90 valence electrons. The molecule has 1 aromatic heterocycles. The predicted octanol–water partition coefficient (Wildman–Crippen LogP) is 2.62. The molecule has 1 fully saturated rings. The van der Waals surface area contributed by atoms with Crippen molar-refractivity contribution in [1.82, 2.24) is 5.43 Å². The molecule has 1 aliphatic carbocycles. The van der Waals surface area contributed by atoms with Gasteiger partial charge in [-0.2, -0.15) is 0 Å². The molecule has 0 aromatic carbocycles. The summed E-state index contributed by atoms with van der Waals surface area (Å²) in [7, 11) is 0. The third kappa shape index (κ3) is 3.09. The lowest BCUT2D eigenvalue weighted by Gasteiger charge is -2.29. The molecule has 0 spiro atoms. The first-order chi connectivity index (χ1) is 7.90. The van der Waals surface area contributed by atoms with Crippen molar-refractivity contribution in [2.45, 2.75) is 51.0 Å². The minimum atomic E-state index is 0.449. The molecular weight excluding hydrogens is 200 g/mol. The summed E-state index contributed by atoms with van der Waals surface area (Å²) in [6, 6.07) is 4.43. The summed E-state index contributed by atoms with van der Waals surface area (Å²) in [6.07, 6.45) is 10.6. The summed E-state index contributed by atoms with van der Waals surface area (Å²) in [4.78, 5) is 0. The minimum Gasteiger partial charge on any atom is -0.469 e. The van der Waals surface area contributed by atoms with E-state index in [9.17, 15) is 0 Å². The van der Waals surface area contributed by atoms with Crippen molar-refractivity contribution in [3.63, 3.8) is 0 Å². The van der Waals surface area contributed by atoms with E-state index in [1.165, 1.54) is 32.1 Å². The molecule has 1 heterocycles. The molecule has 0 bridgehead atoms. The summed E-state index contributed by atoms with van der Waals surface area (Å²) in [6.45, 7) is 0. The largest absolute Gasteiger partial charge is 0.469 e. The summed E-state index contributed by atoms with van der Waals surface area (Å²) in [5.74, 6) is 7.49. The quantitative estimate of drug-likeness (QED) is 0.595. The van der Waals surface area contributed by atoms with Crippen LogP contribution in [0.25, 0.3) is 0 Å². The maximum Gasteiger partial charge on any atom is 0.103 e. The topological polar surface area (TPSA) is 51.2 Å². The fourth-order valence-corrected chi connectivity index (χ4v) is 2.74. The number of hydrogen-bond donors (Lipinski definition) is 2. The molecule has 1 aromatic rings. The molecule has 3 nitrogen and oxygen atoms in total. The van der Waals surface area contributed by atoms with Crippen molar-refractivity contribution in [2.75, 3.05) is 0 Å². The monoisotopic (exact) mass is 222 g/mol. The fourth-order valence-electron chi connectivity index (χ4n) is 2.74. The normalized spacial score (nSPS) is 19.8. The molecule has 0 saturated heterocycles. The van der Waals surface area contributed by atoms with Gasteiger partial charge in [-0.3, -0.25) is 11.3 Å². The Morgan fingerprint density at radius 2 is 2.19 bits per heavy atom. The van der Waals surface area contributed by atoms with Crippen LogP contribution in [0.5, 0.6) is 0 Å². The van der Waals surface area contributed by atoms with Crippen molar-refractivity contribution < 1.29 is 4.42 Å². The lowest BCUT2D eigenvalue weighted by molar-refractivity contribution is 0.257. The van der Waals surface area contributed by atoms with E-state index in [0.717, 1.165) is 24.5 Å². The number of nitrogens with two attached hydrogens (primary N) is 1. The Bertz CT molecular complexity index is 278. The van der Waals surface area contributed by atoms with Gasteiger partial charge in [0.15, 0.2) is 0 Å². The minimum absolute atomic E-state index is 0.449. The second-order valence-corrected chi connectivity index (χ2v) is 4.79. The third-order valence-electron chi connectivity index (χ3n) is 3.71. The highest BCUT2D eigenvalue weighted by Gasteiger charge is 2.22. The Balaban J connectivity index is 1.80. The lowest BCUT2D eigenvalue weighted by atomic mass is 9.82. The van der Waals surface area contributed by atoms with Crippen LogP contribution in [0.4, 0.5) is 0 Å². The second-order valence-electron chi connectivity index (χ2n) is 4.79. The van der Waals surface area contributed by atoms with Gasteiger partial charge in [0, 0.05) is 12.5 Å². The van der Waals surface area contributed by atoms with E-state index in [1.54, 1.807) is 6.26 Å². The number of hydrazine groups is 1. The Morgan fingerprint density at radius 3 is 2.81 bits per heavy atom. The molecule has 16 heavy (non-hydrogen) atoms. The van der Waals surface area contributed by atoms with Gasteiger partial charge < -0.3 is 4.42 Å². The third-order valence-corrected chi connectivity index (χ3v) is 3.71. The number of nitrogens with one attached hydrogen (secondary N) is 1. The standard InChI is InChI=1S/C13H22N2O/c14-15-13(11-5-2-1-3-6-11)9-8-12-7-4-10-16-12/h4,7,10-11,13,15H,1-3,5-6,8-9,14H2. The molecule has 1 saturated carbocycles. The van der Waals surface area contributed by atoms with Crippen molar-refractivity contribution in [2.24, 2.45) is 11.8 Å². The predicted molar refractivity (Wildman–Crippen MR) is 64.7 cm³/mol. The average Bonchev–Trinajstić information content (AvgIpc) is 2.84. The van der Waals surface area contributed by atoms with Gasteiger partial charge in [0.1, 0.15) is 5.76 Å². The van der Waals surface area contributed by atoms with Crippen molar-refractivity contribution in [3.05, 3.63) is 24.2 Å². The van der Waals surface area contributed by atoms with Crippen LogP contribution in [0.2, 0.25) is 0 Å². The van der Waals surface area contributed by atoms with Crippen molar-refractivity contribution in [1.29, 1.82) is 0 Å². The summed E-state index contributed by atoms with van der Waals surface area (Å²) < 4.78 is 5.35. The molecule has 1 unspecified atom stereocenters. The molecule has 3 heteroatoms. The SMILES string of the molecule is NNC(CCc1ccco1)C1CCCCC1. The molecule has 1 atom stereocenters. The molecule has 3 N–H and O–H groups in total. The number of rotatable bonds is 5.